The van der Waals surface area contributed by atoms with Gasteiger partial charge < -0.3 is 5.32 Å². The summed E-state index contributed by atoms with van der Waals surface area (Å²) >= 11 is 0. The van der Waals surface area contributed by atoms with Crippen LogP contribution in [-0.4, -0.2) is 11.9 Å². The largest absolute Gasteiger partial charge is 0.322 e. The molecule has 0 radical (unpaired) electrons. The number of benzene rings is 2. The third-order valence-electron chi connectivity index (χ3n) is 5.10. The molecule has 2 N–H and O–H groups in total. The predicted molar refractivity (Wildman–Crippen MR) is 81.2 cm³/mol. The van der Waals surface area contributed by atoms with Gasteiger partial charge in [-0.3, -0.25) is 10.1 Å². The van der Waals surface area contributed by atoms with Crippen LogP contribution in [0.5, 0.6) is 0 Å². The van der Waals surface area contributed by atoms with Gasteiger partial charge >= 0.3 is 6.03 Å². The minimum atomic E-state index is -1.56. The van der Waals surface area contributed by atoms with Crippen molar-refractivity contribution in [1.29, 1.82) is 0 Å². The van der Waals surface area contributed by atoms with Crippen LogP contribution >= 0.6 is 0 Å². The lowest BCUT2D eigenvalue weighted by Crippen LogP contribution is -2.43. The van der Waals surface area contributed by atoms with Crippen LogP contribution in [-0.2, 0) is 10.3 Å². The molecule has 2 aromatic rings. The number of nitrogens with one attached hydrogen (secondary N) is 2. The molecule has 1 unspecified atom stereocenters. The molecule has 3 amide bonds. The van der Waals surface area contributed by atoms with Crippen molar-refractivity contribution in [3.8, 4) is 11.1 Å². The van der Waals surface area contributed by atoms with Crippen molar-refractivity contribution < 1.29 is 18.4 Å². The molecule has 6 heteroatoms. The van der Waals surface area contributed by atoms with Crippen LogP contribution in [0, 0.1) is 11.6 Å². The highest BCUT2D eigenvalue weighted by atomic mass is 19.1. The Hall–Kier alpha value is -2.76. The molecule has 2 aromatic carbocycles. The van der Waals surface area contributed by atoms with E-state index in [-0.39, 0.29) is 5.92 Å². The maximum atomic E-state index is 14.6. The van der Waals surface area contributed by atoms with Crippen molar-refractivity contribution in [1.82, 2.24) is 10.6 Å². The zero-order valence-corrected chi connectivity index (χ0v) is 12.5. The van der Waals surface area contributed by atoms with Crippen molar-refractivity contribution in [2.45, 2.75) is 24.3 Å². The number of halogens is 2. The molecule has 1 atom stereocenters. The zero-order chi connectivity index (χ0) is 16.6. The van der Waals surface area contributed by atoms with E-state index >= 15 is 0 Å². The number of hydrogen-bond donors (Lipinski definition) is 2. The van der Waals surface area contributed by atoms with Crippen LogP contribution in [0.25, 0.3) is 11.1 Å². The third-order valence-corrected chi connectivity index (χ3v) is 5.10. The van der Waals surface area contributed by atoms with Gasteiger partial charge in [-0.05, 0) is 59.7 Å². The highest BCUT2D eigenvalue weighted by Gasteiger charge is 2.55. The SMILES string of the molecule is O=C1NC(=O)C2(N1)c1cc(F)ccc1-c1cc(C3CC3)c(F)cc12. The molecule has 1 heterocycles. The summed E-state index contributed by atoms with van der Waals surface area (Å²) in [4.78, 5) is 24.3. The molecule has 120 valence electrons. The first-order valence-corrected chi connectivity index (χ1v) is 7.78. The first kappa shape index (κ1) is 13.7. The number of hydrogen-bond acceptors (Lipinski definition) is 2. The van der Waals surface area contributed by atoms with E-state index in [1.54, 1.807) is 12.1 Å². The van der Waals surface area contributed by atoms with Crippen LogP contribution in [0.15, 0.2) is 30.3 Å². The number of carbonyl (C=O) groups excluding carboxylic acids is 2. The molecule has 0 aromatic heterocycles. The second-order valence-electron chi connectivity index (χ2n) is 6.54. The Bertz CT molecular complexity index is 952. The lowest BCUT2D eigenvalue weighted by atomic mass is 9.87. The van der Waals surface area contributed by atoms with Gasteiger partial charge in [0.05, 0.1) is 0 Å². The summed E-state index contributed by atoms with van der Waals surface area (Å²) in [6.07, 6.45) is 1.88. The smallest absolute Gasteiger partial charge is 0.316 e. The van der Waals surface area contributed by atoms with Gasteiger partial charge in [0.2, 0.25) is 0 Å². The normalized spacial score (nSPS) is 23.9. The number of amides is 3. The molecule has 1 spiro atoms. The Labute approximate surface area is 135 Å². The summed E-state index contributed by atoms with van der Waals surface area (Å²) in [7, 11) is 0. The highest BCUT2D eigenvalue weighted by molar-refractivity contribution is 6.13. The van der Waals surface area contributed by atoms with E-state index in [2.05, 4.69) is 10.6 Å². The van der Waals surface area contributed by atoms with E-state index < -0.39 is 29.1 Å². The summed E-state index contributed by atoms with van der Waals surface area (Å²) < 4.78 is 28.4. The summed E-state index contributed by atoms with van der Waals surface area (Å²) in [5.74, 6) is -1.32. The lowest BCUT2D eigenvalue weighted by Gasteiger charge is -2.23. The van der Waals surface area contributed by atoms with Gasteiger partial charge in [0.1, 0.15) is 11.6 Å². The van der Waals surface area contributed by atoms with Crippen molar-refractivity contribution in [3.63, 3.8) is 0 Å². The number of carbonyl (C=O) groups is 2. The van der Waals surface area contributed by atoms with Gasteiger partial charge in [0.25, 0.3) is 5.91 Å². The van der Waals surface area contributed by atoms with Gasteiger partial charge in [-0.2, -0.15) is 0 Å². The average Bonchev–Trinajstić information content (AvgIpc) is 3.28. The van der Waals surface area contributed by atoms with Gasteiger partial charge in [-0.15, -0.1) is 0 Å². The van der Waals surface area contributed by atoms with Crippen molar-refractivity contribution in [2.24, 2.45) is 0 Å². The highest BCUT2D eigenvalue weighted by Crippen LogP contribution is 2.52. The predicted octanol–water partition coefficient (Wildman–Crippen LogP) is 2.91. The van der Waals surface area contributed by atoms with Crippen molar-refractivity contribution in [2.75, 3.05) is 0 Å². The maximum Gasteiger partial charge on any atom is 0.322 e. The van der Waals surface area contributed by atoms with Crippen molar-refractivity contribution >= 4 is 11.9 Å². The fourth-order valence-corrected chi connectivity index (χ4v) is 3.87. The molecule has 1 saturated heterocycles. The lowest BCUT2D eigenvalue weighted by molar-refractivity contribution is -0.122. The molecule has 3 aliphatic rings. The van der Waals surface area contributed by atoms with Crippen LogP contribution in [0.2, 0.25) is 0 Å². The molecule has 24 heavy (non-hydrogen) atoms. The molecule has 2 fully saturated rings. The summed E-state index contributed by atoms with van der Waals surface area (Å²) in [5, 5.41) is 4.76. The summed E-state index contributed by atoms with van der Waals surface area (Å²) in [5.41, 5.74) is 1.07. The van der Waals surface area contributed by atoms with Gasteiger partial charge in [0, 0.05) is 11.1 Å². The van der Waals surface area contributed by atoms with Crippen LogP contribution < -0.4 is 10.6 Å². The molecule has 1 saturated carbocycles. The average molecular weight is 326 g/mol. The topological polar surface area (TPSA) is 58.2 Å². The van der Waals surface area contributed by atoms with E-state index in [1.807, 2.05) is 0 Å². The first-order valence-electron chi connectivity index (χ1n) is 7.78. The van der Waals surface area contributed by atoms with E-state index in [0.717, 1.165) is 12.8 Å². The van der Waals surface area contributed by atoms with Gasteiger partial charge in [-0.1, -0.05) is 6.07 Å². The molecule has 1 aliphatic heterocycles. The van der Waals surface area contributed by atoms with Crippen LogP contribution in [0.4, 0.5) is 13.6 Å². The monoisotopic (exact) mass is 326 g/mol. The molecule has 4 nitrogen and oxygen atoms in total. The van der Waals surface area contributed by atoms with Crippen LogP contribution in [0.3, 0.4) is 0 Å². The van der Waals surface area contributed by atoms with Gasteiger partial charge in [0.15, 0.2) is 5.54 Å². The Morgan fingerprint density at radius 2 is 1.75 bits per heavy atom. The fraction of sp³-hybridized carbons (Fsp3) is 0.222. The second kappa shape index (κ2) is 4.20. The molecule has 2 aliphatic carbocycles. The quantitative estimate of drug-likeness (QED) is 0.792. The van der Waals surface area contributed by atoms with Gasteiger partial charge in [-0.25, -0.2) is 13.6 Å². The number of imide groups is 1. The molecular weight excluding hydrogens is 314 g/mol. The Morgan fingerprint density at radius 3 is 2.42 bits per heavy atom. The second-order valence-corrected chi connectivity index (χ2v) is 6.54. The van der Waals surface area contributed by atoms with Crippen LogP contribution in [0.1, 0.15) is 35.4 Å². The number of rotatable bonds is 1. The molecule has 5 rings (SSSR count). The van der Waals surface area contributed by atoms with E-state index in [0.29, 0.717) is 27.8 Å². The number of urea groups is 1. The zero-order valence-electron chi connectivity index (χ0n) is 12.5. The molecule has 0 bridgehead atoms. The van der Waals surface area contributed by atoms with E-state index in [1.165, 1.54) is 18.2 Å². The molecular formula is C18H12F2N2O2. The fourth-order valence-electron chi connectivity index (χ4n) is 3.87. The minimum absolute atomic E-state index is 0.197. The van der Waals surface area contributed by atoms with E-state index in [9.17, 15) is 18.4 Å². The maximum absolute atomic E-state index is 14.6. The first-order chi connectivity index (χ1) is 11.5. The Balaban J connectivity index is 1.85. The summed E-state index contributed by atoms with van der Waals surface area (Å²) in [6, 6.07) is 6.49. The van der Waals surface area contributed by atoms with Crippen molar-refractivity contribution in [3.05, 3.63) is 58.7 Å². The minimum Gasteiger partial charge on any atom is -0.316 e. The standard InChI is InChI=1S/C18H12F2N2O2/c19-9-3-4-10-12-6-11(8-1-2-8)15(20)7-14(12)18(13(10)5-9)16(23)21-17(24)22-18/h3-8H,1-2H2,(H2,21,22,23,24). The third kappa shape index (κ3) is 1.55. The number of fused-ring (bicyclic) bond motifs is 5. The Kier molecular flexibility index (Phi) is 2.39. The Morgan fingerprint density at radius 1 is 1.00 bits per heavy atom. The summed E-state index contributed by atoms with van der Waals surface area (Å²) in [6.45, 7) is 0. The van der Waals surface area contributed by atoms with E-state index in [4.69, 9.17) is 0 Å².